The molecule has 0 unspecified atom stereocenters. The quantitative estimate of drug-likeness (QED) is 0.259. The van der Waals surface area contributed by atoms with E-state index in [9.17, 15) is 14.9 Å². The van der Waals surface area contributed by atoms with Crippen molar-refractivity contribution >= 4 is 29.7 Å². The molecule has 0 spiro atoms. The molecule has 0 fully saturated rings. The fourth-order valence-electron chi connectivity index (χ4n) is 2.49. The summed E-state index contributed by atoms with van der Waals surface area (Å²) >= 11 is 0. The largest absolute Gasteiger partial charge is 0.493 e. The van der Waals surface area contributed by atoms with Crippen molar-refractivity contribution in [3.05, 3.63) is 57.6 Å². The van der Waals surface area contributed by atoms with Gasteiger partial charge < -0.3 is 25.3 Å². The zero-order valence-corrected chi connectivity index (χ0v) is 17.0. The summed E-state index contributed by atoms with van der Waals surface area (Å²) in [6.45, 7) is 0.815. The molecule has 29 heavy (non-hydrogen) atoms. The van der Waals surface area contributed by atoms with Crippen LogP contribution in [-0.4, -0.2) is 44.8 Å². The molecule has 0 heterocycles. The number of rotatable bonds is 10. The van der Waals surface area contributed by atoms with Gasteiger partial charge >= 0.3 is 0 Å². The van der Waals surface area contributed by atoms with Gasteiger partial charge in [0.05, 0.1) is 24.7 Å². The van der Waals surface area contributed by atoms with E-state index < -0.39 is 10.8 Å². The summed E-state index contributed by atoms with van der Waals surface area (Å²) in [7, 11) is 2.91. The van der Waals surface area contributed by atoms with Gasteiger partial charge in [0.15, 0.2) is 11.5 Å². The Hall–Kier alpha value is -3.04. The Morgan fingerprint density at radius 1 is 1.14 bits per heavy atom. The number of nitrogens with two attached hydrogens (primary N) is 1. The van der Waals surface area contributed by atoms with E-state index >= 15 is 0 Å². The van der Waals surface area contributed by atoms with E-state index in [4.69, 9.17) is 19.9 Å². The van der Waals surface area contributed by atoms with Gasteiger partial charge in [0.2, 0.25) is 0 Å². The lowest BCUT2D eigenvalue weighted by molar-refractivity contribution is -0.385. The Balaban J connectivity index is 0.00000420. The number of benzene rings is 2. The van der Waals surface area contributed by atoms with Gasteiger partial charge in [0, 0.05) is 25.4 Å². The van der Waals surface area contributed by atoms with Crippen LogP contribution in [0.1, 0.15) is 15.9 Å². The average molecular weight is 426 g/mol. The Morgan fingerprint density at radius 2 is 1.83 bits per heavy atom. The van der Waals surface area contributed by atoms with Crippen molar-refractivity contribution in [1.82, 2.24) is 5.32 Å². The van der Waals surface area contributed by atoms with Gasteiger partial charge in [0.25, 0.3) is 11.6 Å². The van der Waals surface area contributed by atoms with E-state index in [1.807, 2.05) is 12.1 Å². The lowest BCUT2D eigenvalue weighted by atomic mass is 10.1. The lowest BCUT2D eigenvalue weighted by Gasteiger charge is -2.13. The molecule has 3 N–H and O–H groups in total. The molecule has 0 atom stereocenters. The highest BCUT2D eigenvalue weighted by Crippen LogP contribution is 2.34. The Labute approximate surface area is 174 Å². The molecule has 2 aromatic carbocycles. The van der Waals surface area contributed by atoms with E-state index in [1.54, 1.807) is 12.1 Å². The maximum Gasteiger partial charge on any atom is 0.286 e. The van der Waals surface area contributed by atoms with E-state index in [0.717, 1.165) is 5.56 Å². The number of nitro groups is 1. The standard InChI is InChI=1S/C19H23N3O6.ClH/c1-26-9-10-28-18-12-16(22(24)25)15(11-17(18)27-2)19(23)21-8-7-13-3-5-14(20)6-4-13;/h3-6,11-12H,7-10,20H2,1-2H3,(H,21,23);1H. The number of anilines is 1. The molecule has 0 aliphatic heterocycles. The van der Waals surface area contributed by atoms with Gasteiger partial charge in [-0.05, 0) is 24.1 Å². The van der Waals surface area contributed by atoms with Gasteiger partial charge in [-0.25, -0.2) is 0 Å². The van der Waals surface area contributed by atoms with Gasteiger partial charge in [-0.1, -0.05) is 12.1 Å². The zero-order valence-electron chi connectivity index (χ0n) is 16.2. The fourth-order valence-corrected chi connectivity index (χ4v) is 2.49. The molecule has 1 amide bonds. The van der Waals surface area contributed by atoms with Crippen LogP contribution in [0.2, 0.25) is 0 Å². The molecule has 10 heteroatoms. The number of hydrogen-bond acceptors (Lipinski definition) is 7. The SMILES string of the molecule is COCCOc1cc([N+](=O)[O-])c(C(=O)NCCc2ccc(N)cc2)cc1OC.Cl. The van der Waals surface area contributed by atoms with Crippen LogP contribution in [0, 0.1) is 10.1 Å². The molecule has 0 saturated carbocycles. The second-order valence-corrected chi connectivity index (χ2v) is 5.87. The van der Waals surface area contributed by atoms with E-state index in [0.29, 0.717) is 25.3 Å². The van der Waals surface area contributed by atoms with E-state index in [2.05, 4.69) is 5.32 Å². The summed E-state index contributed by atoms with van der Waals surface area (Å²) in [6, 6.07) is 9.75. The smallest absolute Gasteiger partial charge is 0.286 e. The molecule has 9 nitrogen and oxygen atoms in total. The third kappa shape index (κ3) is 6.81. The minimum absolute atomic E-state index is 0. The summed E-state index contributed by atoms with van der Waals surface area (Å²) < 4.78 is 15.5. The monoisotopic (exact) mass is 425 g/mol. The van der Waals surface area contributed by atoms with Gasteiger partial charge in [-0.2, -0.15) is 0 Å². The van der Waals surface area contributed by atoms with Crippen molar-refractivity contribution in [1.29, 1.82) is 0 Å². The summed E-state index contributed by atoms with van der Waals surface area (Å²) in [5.74, 6) is -0.168. The highest BCUT2D eigenvalue weighted by atomic mass is 35.5. The van der Waals surface area contributed by atoms with Crippen LogP contribution in [0.25, 0.3) is 0 Å². The average Bonchev–Trinajstić information content (AvgIpc) is 2.69. The van der Waals surface area contributed by atoms with E-state index in [-0.39, 0.29) is 41.8 Å². The first kappa shape index (κ1) is 24.0. The molecule has 0 bridgehead atoms. The molecule has 158 valence electrons. The first-order valence-electron chi connectivity index (χ1n) is 8.57. The second kappa shape index (κ2) is 11.7. The summed E-state index contributed by atoms with van der Waals surface area (Å²) in [4.78, 5) is 23.3. The van der Waals surface area contributed by atoms with Crippen molar-refractivity contribution in [3.63, 3.8) is 0 Å². The number of ether oxygens (including phenoxy) is 3. The first-order valence-corrected chi connectivity index (χ1v) is 8.57. The molecule has 0 aliphatic carbocycles. The zero-order chi connectivity index (χ0) is 20.5. The Bertz CT molecular complexity index is 829. The second-order valence-electron chi connectivity index (χ2n) is 5.87. The van der Waals surface area contributed by atoms with Crippen LogP contribution in [0.5, 0.6) is 11.5 Å². The number of amides is 1. The molecule has 0 radical (unpaired) electrons. The number of carbonyl (C=O) groups is 1. The highest BCUT2D eigenvalue weighted by molar-refractivity contribution is 5.99. The molecule has 0 aliphatic rings. The van der Waals surface area contributed by atoms with Crippen LogP contribution in [-0.2, 0) is 11.2 Å². The predicted octanol–water partition coefficient (Wildman–Crippen LogP) is 2.61. The number of hydrogen-bond donors (Lipinski definition) is 2. The number of nitrogens with zero attached hydrogens (tertiary/aromatic N) is 1. The molecule has 2 aromatic rings. The topological polar surface area (TPSA) is 126 Å². The van der Waals surface area contributed by atoms with Crippen LogP contribution in [0.3, 0.4) is 0 Å². The Morgan fingerprint density at radius 3 is 2.41 bits per heavy atom. The normalized spacial score (nSPS) is 10.0. The minimum Gasteiger partial charge on any atom is -0.493 e. The minimum atomic E-state index is -0.627. The van der Waals surface area contributed by atoms with Crippen molar-refractivity contribution in [2.45, 2.75) is 6.42 Å². The fraction of sp³-hybridized carbons (Fsp3) is 0.316. The number of carbonyl (C=O) groups excluding carboxylic acids is 1. The number of nitrogens with one attached hydrogen (secondary N) is 1. The molecular formula is C19H24ClN3O6. The molecular weight excluding hydrogens is 402 g/mol. The number of nitrogen functional groups attached to an aromatic ring is 1. The molecule has 0 saturated heterocycles. The predicted molar refractivity (Wildman–Crippen MR) is 111 cm³/mol. The van der Waals surface area contributed by atoms with E-state index in [1.165, 1.54) is 26.4 Å². The van der Waals surface area contributed by atoms with Crippen LogP contribution in [0.4, 0.5) is 11.4 Å². The molecule has 2 rings (SSSR count). The van der Waals surface area contributed by atoms with Crippen molar-refractivity contribution in [3.8, 4) is 11.5 Å². The first-order chi connectivity index (χ1) is 13.5. The van der Waals surface area contributed by atoms with Crippen LogP contribution >= 0.6 is 12.4 Å². The summed E-state index contributed by atoms with van der Waals surface area (Å²) in [5, 5.41) is 14.1. The van der Waals surface area contributed by atoms with Crippen molar-refractivity contribution in [2.24, 2.45) is 0 Å². The summed E-state index contributed by atoms with van der Waals surface area (Å²) in [5.41, 5.74) is 6.82. The van der Waals surface area contributed by atoms with Gasteiger partial charge in [-0.3, -0.25) is 14.9 Å². The van der Waals surface area contributed by atoms with Gasteiger partial charge in [-0.15, -0.1) is 12.4 Å². The van der Waals surface area contributed by atoms with Gasteiger partial charge in [0.1, 0.15) is 12.2 Å². The third-order valence-electron chi connectivity index (χ3n) is 3.95. The number of methoxy groups -OCH3 is 2. The van der Waals surface area contributed by atoms with Crippen molar-refractivity contribution in [2.75, 3.05) is 39.7 Å². The lowest BCUT2D eigenvalue weighted by Crippen LogP contribution is -2.26. The highest BCUT2D eigenvalue weighted by Gasteiger charge is 2.24. The van der Waals surface area contributed by atoms with Crippen LogP contribution in [0.15, 0.2) is 36.4 Å². The molecule has 0 aromatic heterocycles. The summed E-state index contributed by atoms with van der Waals surface area (Å²) in [6.07, 6.45) is 0.565. The van der Waals surface area contributed by atoms with Crippen molar-refractivity contribution < 1.29 is 23.9 Å². The van der Waals surface area contributed by atoms with Crippen LogP contribution < -0.4 is 20.5 Å². The Kier molecular flexibility index (Phi) is 9.70. The third-order valence-corrected chi connectivity index (χ3v) is 3.95. The number of nitro benzene ring substituents is 1. The maximum atomic E-state index is 12.5. The maximum absolute atomic E-state index is 12.5. The number of halogens is 1.